The van der Waals surface area contributed by atoms with Crippen molar-refractivity contribution < 1.29 is 4.74 Å². The summed E-state index contributed by atoms with van der Waals surface area (Å²) >= 11 is 3.47. The molecule has 0 saturated heterocycles. The van der Waals surface area contributed by atoms with Gasteiger partial charge in [-0.2, -0.15) is 0 Å². The molecule has 2 aromatic rings. The Balaban J connectivity index is 2.14. The van der Waals surface area contributed by atoms with Gasteiger partial charge in [-0.05, 0) is 39.7 Å². The van der Waals surface area contributed by atoms with Gasteiger partial charge in [0, 0.05) is 19.0 Å². The van der Waals surface area contributed by atoms with Gasteiger partial charge in [-0.3, -0.25) is 0 Å². The Hall–Kier alpha value is -1.29. The van der Waals surface area contributed by atoms with Crippen LogP contribution in [0.4, 0.5) is 0 Å². The number of rotatable bonds is 1. The molecular weight excluding hydrogens is 268 g/mol. The highest BCUT2D eigenvalue weighted by Gasteiger charge is 2.15. The Bertz CT molecular complexity index is 528. The zero-order valence-electron chi connectivity index (χ0n) is 8.90. The lowest BCUT2D eigenvalue weighted by Crippen LogP contribution is -1.90. The normalized spacial score (nSPS) is 13.6. The van der Waals surface area contributed by atoms with E-state index in [0.717, 1.165) is 29.1 Å². The van der Waals surface area contributed by atoms with Crippen molar-refractivity contribution in [3.8, 4) is 17.0 Å². The summed E-state index contributed by atoms with van der Waals surface area (Å²) in [7, 11) is 2.00. The van der Waals surface area contributed by atoms with Crippen LogP contribution in [0, 0.1) is 0 Å². The first-order chi connectivity index (χ1) is 7.75. The van der Waals surface area contributed by atoms with Crippen LogP contribution in [0.15, 0.2) is 29.1 Å². The number of imidazole rings is 1. The van der Waals surface area contributed by atoms with Crippen LogP contribution in [0.2, 0.25) is 0 Å². The summed E-state index contributed by atoms with van der Waals surface area (Å²) in [5.74, 6) is 1.02. The lowest BCUT2D eigenvalue weighted by Gasteiger charge is -2.05. The molecule has 82 valence electrons. The van der Waals surface area contributed by atoms with Crippen molar-refractivity contribution in [1.29, 1.82) is 0 Å². The lowest BCUT2D eigenvalue weighted by molar-refractivity contribution is 0.357. The van der Waals surface area contributed by atoms with Crippen LogP contribution in [-0.4, -0.2) is 16.2 Å². The van der Waals surface area contributed by atoms with E-state index in [1.165, 1.54) is 11.1 Å². The molecule has 1 aliphatic heterocycles. The number of aryl methyl sites for hydroxylation is 1. The van der Waals surface area contributed by atoms with Gasteiger partial charge < -0.3 is 9.30 Å². The third-order valence-corrected chi connectivity index (χ3v) is 3.44. The molecule has 0 spiro atoms. The van der Waals surface area contributed by atoms with E-state index in [1.807, 2.05) is 24.0 Å². The fraction of sp³-hybridized carbons (Fsp3) is 0.250. The van der Waals surface area contributed by atoms with Gasteiger partial charge in [-0.1, -0.05) is 0 Å². The van der Waals surface area contributed by atoms with Gasteiger partial charge in [0.05, 0.1) is 18.6 Å². The minimum Gasteiger partial charge on any atom is -0.493 e. The molecule has 0 amide bonds. The van der Waals surface area contributed by atoms with Crippen molar-refractivity contribution in [1.82, 2.24) is 9.55 Å². The van der Waals surface area contributed by atoms with E-state index in [4.69, 9.17) is 4.74 Å². The van der Waals surface area contributed by atoms with E-state index in [9.17, 15) is 0 Å². The van der Waals surface area contributed by atoms with Crippen LogP contribution in [0.5, 0.6) is 5.75 Å². The molecule has 1 aromatic heterocycles. The van der Waals surface area contributed by atoms with E-state index < -0.39 is 0 Å². The number of hydrogen-bond acceptors (Lipinski definition) is 2. The van der Waals surface area contributed by atoms with Gasteiger partial charge in [-0.25, -0.2) is 4.98 Å². The molecule has 0 bridgehead atoms. The average Bonchev–Trinajstić information content (AvgIpc) is 2.85. The van der Waals surface area contributed by atoms with Gasteiger partial charge in [0.2, 0.25) is 0 Å². The van der Waals surface area contributed by atoms with Crippen molar-refractivity contribution in [3.05, 3.63) is 34.7 Å². The molecule has 16 heavy (non-hydrogen) atoms. The number of nitrogens with zero attached hydrogens (tertiary/aromatic N) is 2. The second kappa shape index (κ2) is 3.63. The second-order valence-electron chi connectivity index (χ2n) is 3.92. The summed E-state index contributed by atoms with van der Waals surface area (Å²) in [5, 5.41) is 0. The number of aromatic nitrogens is 2. The van der Waals surface area contributed by atoms with Crippen LogP contribution in [0.1, 0.15) is 5.56 Å². The Kier molecular flexibility index (Phi) is 2.24. The third-order valence-electron chi connectivity index (χ3n) is 2.86. The van der Waals surface area contributed by atoms with Crippen molar-refractivity contribution in [2.24, 2.45) is 7.05 Å². The van der Waals surface area contributed by atoms with Gasteiger partial charge in [0.25, 0.3) is 0 Å². The van der Waals surface area contributed by atoms with Crippen LogP contribution in [0.25, 0.3) is 11.3 Å². The molecule has 0 unspecified atom stereocenters. The maximum absolute atomic E-state index is 5.50. The van der Waals surface area contributed by atoms with Crippen LogP contribution in [0.3, 0.4) is 0 Å². The molecule has 4 heteroatoms. The molecule has 0 radical (unpaired) electrons. The van der Waals surface area contributed by atoms with Gasteiger partial charge in [0.15, 0.2) is 0 Å². The zero-order chi connectivity index (χ0) is 11.1. The van der Waals surface area contributed by atoms with Crippen molar-refractivity contribution in [2.45, 2.75) is 6.42 Å². The van der Waals surface area contributed by atoms with Crippen molar-refractivity contribution >= 4 is 15.9 Å². The first-order valence-corrected chi connectivity index (χ1v) is 5.98. The van der Waals surface area contributed by atoms with E-state index in [-0.39, 0.29) is 0 Å². The quantitative estimate of drug-likeness (QED) is 0.802. The van der Waals surface area contributed by atoms with Gasteiger partial charge in [0.1, 0.15) is 10.4 Å². The first-order valence-electron chi connectivity index (χ1n) is 5.18. The fourth-order valence-electron chi connectivity index (χ4n) is 2.06. The summed E-state index contributed by atoms with van der Waals surface area (Å²) in [5.41, 5.74) is 3.57. The number of benzene rings is 1. The summed E-state index contributed by atoms with van der Waals surface area (Å²) in [4.78, 5) is 4.23. The zero-order valence-corrected chi connectivity index (χ0v) is 10.5. The summed E-state index contributed by atoms with van der Waals surface area (Å²) in [6, 6.07) is 6.30. The number of hydrogen-bond donors (Lipinski definition) is 0. The number of ether oxygens (including phenoxy) is 1. The highest BCUT2D eigenvalue weighted by molar-refractivity contribution is 9.10. The Morgan fingerprint density at radius 1 is 1.44 bits per heavy atom. The number of halogens is 1. The predicted octanol–water partition coefficient (Wildman–Crippen LogP) is 2.78. The SMILES string of the molecule is Cn1cnc(Br)c1-c1ccc2c(c1)CCO2. The Morgan fingerprint density at radius 2 is 2.31 bits per heavy atom. The second-order valence-corrected chi connectivity index (χ2v) is 4.67. The standard InChI is InChI=1S/C12H11BrN2O/c1-15-7-14-12(13)11(15)9-2-3-10-8(6-9)4-5-16-10/h2-3,6-7H,4-5H2,1H3. The maximum Gasteiger partial charge on any atom is 0.132 e. The average molecular weight is 279 g/mol. The van der Waals surface area contributed by atoms with Gasteiger partial charge >= 0.3 is 0 Å². The van der Waals surface area contributed by atoms with E-state index in [2.05, 4.69) is 33.0 Å². The monoisotopic (exact) mass is 278 g/mol. The molecule has 3 nitrogen and oxygen atoms in total. The Morgan fingerprint density at radius 3 is 3.06 bits per heavy atom. The molecule has 1 aromatic carbocycles. The summed E-state index contributed by atoms with van der Waals surface area (Å²) in [6.07, 6.45) is 2.81. The predicted molar refractivity (Wildman–Crippen MR) is 65.5 cm³/mol. The molecule has 0 N–H and O–H groups in total. The van der Waals surface area contributed by atoms with Crippen LogP contribution >= 0.6 is 15.9 Å². The van der Waals surface area contributed by atoms with Crippen LogP contribution < -0.4 is 4.74 Å². The minimum atomic E-state index is 0.797. The van der Waals surface area contributed by atoms with Crippen LogP contribution in [-0.2, 0) is 13.5 Å². The van der Waals surface area contributed by atoms with E-state index in [1.54, 1.807) is 0 Å². The molecule has 0 saturated carbocycles. The molecule has 1 aliphatic rings. The molecule has 0 atom stereocenters. The largest absolute Gasteiger partial charge is 0.493 e. The third kappa shape index (κ3) is 1.45. The van der Waals surface area contributed by atoms with E-state index >= 15 is 0 Å². The van der Waals surface area contributed by atoms with Crippen molar-refractivity contribution in [3.63, 3.8) is 0 Å². The molecule has 0 fully saturated rings. The Labute approximate surface area is 102 Å². The molecule has 0 aliphatic carbocycles. The topological polar surface area (TPSA) is 27.1 Å². The first kappa shape index (κ1) is 9.90. The molecular formula is C12H11BrN2O. The smallest absolute Gasteiger partial charge is 0.132 e. The fourth-order valence-corrected chi connectivity index (χ4v) is 2.66. The maximum atomic E-state index is 5.50. The highest BCUT2D eigenvalue weighted by atomic mass is 79.9. The van der Waals surface area contributed by atoms with E-state index in [0.29, 0.717) is 0 Å². The lowest BCUT2D eigenvalue weighted by atomic mass is 10.1. The molecule has 2 heterocycles. The highest BCUT2D eigenvalue weighted by Crippen LogP contribution is 2.32. The van der Waals surface area contributed by atoms with Gasteiger partial charge in [-0.15, -0.1) is 0 Å². The summed E-state index contributed by atoms with van der Waals surface area (Å²) in [6.45, 7) is 0.797. The van der Waals surface area contributed by atoms with Crippen molar-refractivity contribution in [2.75, 3.05) is 6.61 Å². The minimum absolute atomic E-state index is 0.797. The summed E-state index contributed by atoms with van der Waals surface area (Å²) < 4.78 is 8.40. The molecule has 3 rings (SSSR count). The number of fused-ring (bicyclic) bond motifs is 1.